The number of aryl methyl sites for hydroxylation is 1. The van der Waals surface area contributed by atoms with Crippen LogP contribution in [0.1, 0.15) is 22.3 Å². The highest BCUT2D eigenvalue weighted by Gasteiger charge is 2.59. The maximum atomic E-state index is 13.1. The van der Waals surface area contributed by atoms with Crippen molar-refractivity contribution in [1.29, 1.82) is 0 Å². The Kier molecular flexibility index (Phi) is 5.02. The third-order valence-electron chi connectivity index (χ3n) is 7.21. The number of hydrogen-bond donors (Lipinski definition) is 1. The normalized spacial score (nSPS) is 24.1. The molecule has 0 aromatic heterocycles. The van der Waals surface area contributed by atoms with E-state index in [1.54, 1.807) is 48.5 Å². The molecule has 3 aromatic carbocycles. The summed E-state index contributed by atoms with van der Waals surface area (Å²) >= 11 is 0. The summed E-state index contributed by atoms with van der Waals surface area (Å²) in [6.07, 6.45) is 5.03. The monoisotopic (exact) mass is 464 g/mol. The third kappa shape index (κ3) is 3.71. The van der Waals surface area contributed by atoms with Crippen LogP contribution in [0.15, 0.2) is 84.9 Å². The van der Waals surface area contributed by atoms with Gasteiger partial charge in [0.05, 0.1) is 17.5 Å². The van der Waals surface area contributed by atoms with Crippen LogP contribution in [0.5, 0.6) is 11.5 Å². The number of anilines is 2. The number of benzene rings is 3. The van der Waals surface area contributed by atoms with Gasteiger partial charge in [0.25, 0.3) is 5.91 Å². The van der Waals surface area contributed by atoms with Crippen molar-refractivity contribution in [2.45, 2.75) is 13.3 Å². The minimum absolute atomic E-state index is 0.149. The van der Waals surface area contributed by atoms with E-state index in [0.717, 1.165) is 17.7 Å². The minimum atomic E-state index is -0.319. The van der Waals surface area contributed by atoms with Crippen molar-refractivity contribution in [2.24, 2.45) is 23.7 Å². The standard InChI is InChI=1S/C29H24N2O4/c1-17-5-11-23(12-6-17)35-24-13-9-21(10-14-24)30-27(32)20-3-2-4-22(16-20)31-28(33)25-18-7-8-19(15-18)26(25)29(31)34/h2-14,16,18-19,25-26H,15H2,1H3,(H,30,32)/t18-,19+,25-,26+. The summed E-state index contributed by atoms with van der Waals surface area (Å²) in [7, 11) is 0. The van der Waals surface area contributed by atoms with Crippen LogP contribution in [-0.2, 0) is 9.59 Å². The fourth-order valence-electron chi connectivity index (χ4n) is 5.50. The largest absolute Gasteiger partial charge is 0.457 e. The van der Waals surface area contributed by atoms with Crippen molar-refractivity contribution in [3.63, 3.8) is 0 Å². The van der Waals surface area contributed by atoms with Crippen molar-refractivity contribution < 1.29 is 19.1 Å². The van der Waals surface area contributed by atoms with Crippen LogP contribution in [0.3, 0.4) is 0 Å². The molecule has 174 valence electrons. The Labute approximate surface area is 203 Å². The summed E-state index contributed by atoms with van der Waals surface area (Å²) in [6.45, 7) is 2.02. The zero-order chi connectivity index (χ0) is 24.1. The summed E-state index contributed by atoms with van der Waals surface area (Å²) in [4.78, 5) is 40.4. The van der Waals surface area contributed by atoms with Gasteiger partial charge in [-0.15, -0.1) is 0 Å². The highest BCUT2D eigenvalue weighted by atomic mass is 16.5. The molecule has 0 spiro atoms. The van der Waals surface area contributed by atoms with Gasteiger partial charge in [-0.05, 0) is 79.8 Å². The number of nitrogens with one attached hydrogen (secondary N) is 1. The van der Waals surface area contributed by atoms with Crippen molar-refractivity contribution in [3.8, 4) is 11.5 Å². The molecule has 2 aliphatic carbocycles. The number of carbonyl (C=O) groups excluding carboxylic acids is 3. The van der Waals surface area contributed by atoms with Crippen molar-refractivity contribution in [2.75, 3.05) is 10.2 Å². The molecule has 1 saturated heterocycles. The molecule has 6 rings (SSSR count). The summed E-state index contributed by atoms with van der Waals surface area (Å²) in [5.74, 6) is 0.535. The van der Waals surface area contributed by atoms with Gasteiger partial charge in [-0.25, -0.2) is 4.90 Å². The summed E-state index contributed by atoms with van der Waals surface area (Å²) in [5.41, 5.74) is 2.59. The maximum absolute atomic E-state index is 13.1. The van der Waals surface area contributed by atoms with Crippen molar-refractivity contribution in [3.05, 3.63) is 96.1 Å². The van der Waals surface area contributed by atoms with Crippen LogP contribution in [0.25, 0.3) is 0 Å². The lowest BCUT2D eigenvalue weighted by molar-refractivity contribution is -0.123. The molecule has 3 aliphatic rings. The third-order valence-corrected chi connectivity index (χ3v) is 7.21. The van der Waals surface area contributed by atoms with Gasteiger partial charge in [-0.1, -0.05) is 35.9 Å². The zero-order valence-corrected chi connectivity index (χ0v) is 19.2. The summed E-state index contributed by atoms with van der Waals surface area (Å²) in [5, 5.41) is 2.87. The Morgan fingerprint density at radius 1 is 0.857 bits per heavy atom. The van der Waals surface area contributed by atoms with Gasteiger partial charge in [0.15, 0.2) is 0 Å². The Morgan fingerprint density at radius 2 is 1.46 bits per heavy atom. The first-order chi connectivity index (χ1) is 17.0. The fraction of sp³-hybridized carbons (Fsp3) is 0.207. The van der Waals surface area contributed by atoms with Crippen LogP contribution in [-0.4, -0.2) is 17.7 Å². The van der Waals surface area contributed by atoms with Crippen LogP contribution < -0.4 is 15.0 Å². The van der Waals surface area contributed by atoms with E-state index in [2.05, 4.69) is 17.5 Å². The van der Waals surface area contributed by atoms with Crippen molar-refractivity contribution >= 4 is 29.1 Å². The lowest BCUT2D eigenvalue weighted by Gasteiger charge is -2.18. The number of hydrogen-bond acceptors (Lipinski definition) is 4. The molecule has 2 bridgehead atoms. The topological polar surface area (TPSA) is 75.7 Å². The summed E-state index contributed by atoms with van der Waals surface area (Å²) in [6, 6.07) is 21.6. The molecule has 4 atom stereocenters. The number of allylic oxidation sites excluding steroid dienone is 2. The van der Waals surface area contributed by atoms with E-state index in [9.17, 15) is 14.4 Å². The lowest BCUT2D eigenvalue weighted by atomic mass is 9.85. The first-order valence-corrected chi connectivity index (χ1v) is 11.8. The molecule has 3 amide bonds. The second-order valence-electron chi connectivity index (χ2n) is 9.46. The Balaban J connectivity index is 1.15. The zero-order valence-electron chi connectivity index (χ0n) is 19.2. The summed E-state index contributed by atoms with van der Waals surface area (Å²) < 4.78 is 5.83. The van der Waals surface area contributed by atoms with E-state index >= 15 is 0 Å². The molecule has 1 heterocycles. The lowest BCUT2D eigenvalue weighted by Crippen LogP contribution is -2.33. The minimum Gasteiger partial charge on any atom is -0.457 e. The molecule has 1 saturated carbocycles. The Morgan fingerprint density at radius 3 is 2.09 bits per heavy atom. The van der Waals surface area contributed by atoms with E-state index in [-0.39, 0.29) is 41.4 Å². The van der Waals surface area contributed by atoms with Gasteiger partial charge in [0.2, 0.25) is 11.8 Å². The molecule has 3 aromatic rings. The van der Waals surface area contributed by atoms with Gasteiger partial charge in [-0.2, -0.15) is 0 Å². The van der Waals surface area contributed by atoms with Crippen molar-refractivity contribution in [1.82, 2.24) is 0 Å². The van der Waals surface area contributed by atoms with E-state index in [0.29, 0.717) is 22.7 Å². The predicted octanol–water partition coefficient (Wildman–Crippen LogP) is 5.35. The Hall–Kier alpha value is -4.19. The molecule has 1 N–H and O–H groups in total. The Bertz CT molecular complexity index is 1330. The number of ether oxygens (including phenoxy) is 1. The van der Waals surface area contributed by atoms with Gasteiger partial charge < -0.3 is 10.1 Å². The van der Waals surface area contributed by atoms with E-state index in [1.807, 2.05) is 31.2 Å². The van der Waals surface area contributed by atoms with E-state index in [1.165, 1.54) is 4.90 Å². The smallest absolute Gasteiger partial charge is 0.255 e. The molecular weight excluding hydrogens is 440 g/mol. The molecular formula is C29H24N2O4. The second-order valence-corrected chi connectivity index (χ2v) is 9.46. The molecule has 2 fully saturated rings. The number of amides is 3. The highest BCUT2D eigenvalue weighted by molar-refractivity contribution is 6.23. The SMILES string of the molecule is Cc1ccc(Oc2ccc(NC(=O)c3cccc(N4C(=O)[C@@H]5[C@H](C4=O)[C@@H]4C=C[C@H]5C4)c3)cc2)cc1. The average Bonchev–Trinajstić information content (AvgIpc) is 3.55. The van der Waals surface area contributed by atoms with Gasteiger partial charge in [-0.3, -0.25) is 14.4 Å². The van der Waals surface area contributed by atoms with Gasteiger partial charge in [0.1, 0.15) is 11.5 Å². The first-order valence-electron chi connectivity index (χ1n) is 11.8. The quantitative estimate of drug-likeness (QED) is 0.408. The van der Waals surface area contributed by atoms with Crippen LogP contribution >= 0.6 is 0 Å². The average molecular weight is 465 g/mol. The van der Waals surface area contributed by atoms with Crippen LogP contribution in [0.4, 0.5) is 11.4 Å². The van der Waals surface area contributed by atoms with E-state index in [4.69, 9.17) is 4.74 Å². The number of carbonyl (C=O) groups is 3. The molecule has 6 nitrogen and oxygen atoms in total. The fourth-order valence-corrected chi connectivity index (χ4v) is 5.50. The number of nitrogens with zero attached hydrogens (tertiary/aromatic N) is 1. The van der Waals surface area contributed by atoms with Crippen LogP contribution in [0.2, 0.25) is 0 Å². The molecule has 0 radical (unpaired) electrons. The number of imide groups is 1. The second kappa shape index (κ2) is 8.24. The van der Waals surface area contributed by atoms with Gasteiger partial charge in [0, 0.05) is 11.3 Å². The predicted molar refractivity (Wildman–Crippen MR) is 132 cm³/mol. The highest BCUT2D eigenvalue weighted by Crippen LogP contribution is 2.53. The maximum Gasteiger partial charge on any atom is 0.255 e. The molecule has 0 unspecified atom stereocenters. The van der Waals surface area contributed by atoms with Crippen LogP contribution in [0, 0.1) is 30.6 Å². The molecule has 6 heteroatoms. The molecule has 1 aliphatic heterocycles. The number of rotatable bonds is 5. The van der Waals surface area contributed by atoms with Gasteiger partial charge >= 0.3 is 0 Å². The first kappa shape index (κ1) is 21.4. The van der Waals surface area contributed by atoms with E-state index < -0.39 is 0 Å². The molecule has 35 heavy (non-hydrogen) atoms. The number of fused-ring (bicyclic) bond motifs is 5.